The monoisotopic (exact) mass is 302 g/mol. The second kappa shape index (κ2) is 5.93. The summed E-state index contributed by atoms with van der Waals surface area (Å²) in [4.78, 5) is 25.3. The van der Waals surface area contributed by atoms with E-state index < -0.39 is 0 Å². The minimum absolute atomic E-state index is 0.159. The molecular formula is C16H18N2O2S. The van der Waals surface area contributed by atoms with Crippen molar-refractivity contribution in [3.05, 3.63) is 51.2 Å². The Balaban J connectivity index is 2.35. The molecular weight excluding hydrogens is 284 g/mol. The van der Waals surface area contributed by atoms with Crippen molar-refractivity contribution in [1.82, 2.24) is 9.13 Å². The third kappa shape index (κ3) is 2.46. The van der Waals surface area contributed by atoms with E-state index in [0.717, 1.165) is 29.2 Å². The smallest absolute Gasteiger partial charge is 0.287 e. The van der Waals surface area contributed by atoms with Crippen LogP contribution in [0.4, 0.5) is 0 Å². The number of hydrogen-bond donors (Lipinski definition) is 0. The van der Waals surface area contributed by atoms with Gasteiger partial charge in [-0.1, -0.05) is 37.3 Å². The highest BCUT2D eigenvalue weighted by molar-refractivity contribution is 7.99. The Morgan fingerprint density at radius 3 is 2.67 bits per heavy atom. The minimum atomic E-state index is -0.163. The first-order chi connectivity index (χ1) is 10.2. The van der Waals surface area contributed by atoms with Gasteiger partial charge in [-0.3, -0.25) is 13.9 Å². The molecule has 1 aliphatic rings. The molecule has 0 atom stereocenters. The maximum Gasteiger partial charge on any atom is 0.331 e. The summed E-state index contributed by atoms with van der Waals surface area (Å²) in [7, 11) is 0. The van der Waals surface area contributed by atoms with Crippen LogP contribution in [0.1, 0.15) is 19.8 Å². The van der Waals surface area contributed by atoms with Gasteiger partial charge in [0, 0.05) is 18.8 Å². The van der Waals surface area contributed by atoms with E-state index in [-0.39, 0.29) is 11.2 Å². The van der Waals surface area contributed by atoms with Crippen LogP contribution in [-0.2, 0) is 13.1 Å². The van der Waals surface area contributed by atoms with Crippen molar-refractivity contribution in [2.75, 3.05) is 5.75 Å². The lowest BCUT2D eigenvalue weighted by molar-refractivity contribution is 0.504. The zero-order valence-corrected chi connectivity index (χ0v) is 12.9. The maximum absolute atomic E-state index is 12.8. The largest absolute Gasteiger partial charge is 0.331 e. The molecule has 1 aromatic carbocycles. The number of rotatable bonds is 3. The van der Waals surface area contributed by atoms with Crippen LogP contribution in [0.5, 0.6) is 0 Å². The van der Waals surface area contributed by atoms with Crippen molar-refractivity contribution < 1.29 is 0 Å². The summed E-state index contributed by atoms with van der Waals surface area (Å²) in [5, 5.41) is 0.829. The van der Waals surface area contributed by atoms with Crippen LogP contribution in [-0.4, -0.2) is 14.9 Å². The van der Waals surface area contributed by atoms with E-state index in [0.29, 0.717) is 18.7 Å². The molecule has 0 radical (unpaired) electrons. The van der Waals surface area contributed by atoms with Crippen molar-refractivity contribution in [3.8, 4) is 11.1 Å². The van der Waals surface area contributed by atoms with Gasteiger partial charge in [0.25, 0.3) is 5.56 Å². The van der Waals surface area contributed by atoms with Gasteiger partial charge in [0.15, 0.2) is 0 Å². The van der Waals surface area contributed by atoms with Gasteiger partial charge in [-0.25, -0.2) is 4.79 Å². The van der Waals surface area contributed by atoms with Crippen molar-refractivity contribution >= 4 is 11.8 Å². The van der Waals surface area contributed by atoms with E-state index in [1.165, 1.54) is 4.57 Å². The van der Waals surface area contributed by atoms with Crippen molar-refractivity contribution in [2.45, 2.75) is 37.9 Å². The van der Waals surface area contributed by atoms with Gasteiger partial charge < -0.3 is 0 Å². The molecule has 1 aromatic heterocycles. The number of nitrogens with zero attached hydrogens (tertiary/aromatic N) is 2. The lowest BCUT2D eigenvalue weighted by atomic mass is 10.1. The predicted molar refractivity (Wildman–Crippen MR) is 86.0 cm³/mol. The van der Waals surface area contributed by atoms with Gasteiger partial charge in [-0.15, -0.1) is 11.8 Å². The molecule has 5 heteroatoms. The first-order valence-corrected chi connectivity index (χ1v) is 8.28. The Bertz CT molecular complexity index is 762. The molecule has 0 saturated heterocycles. The quantitative estimate of drug-likeness (QED) is 0.819. The van der Waals surface area contributed by atoms with Crippen LogP contribution in [0.3, 0.4) is 0 Å². The van der Waals surface area contributed by atoms with E-state index in [9.17, 15) is 9.59 Å². The van der Waals surface area contributed by atoms with E-state index in [1.54, 1.807) is 16.3 Å². The van der Waals surface area contributed by atoms with Gasteiger partial charge in [-0.2, -0.15) is 0 Å². The first kappa shape index (κ1) is 14.2. The lowest BCUT2D eigenvalue weighted by Crippen LogP contribution is -2.42. The molecule has 110 valence electrons. The van der Waals surface area contributed by atoms with E-state index in [4.69, 9.17) is 0 Å². The number of hydrogen-bond acceptors (Lipinski definition) is 3. The standard InChI is InChI=1S/C16H18N2O2S/c1-2-9-17-14(19)13(12-7-4-3-5-8-12)15-18(16(17)20)10-6-11-21-15/h3-5,7-8H,2,6,9-11H2,1H3. The summed E-state index contributed by atoms with van der Waals surface area (Å²) in [6, 6.07) is 9.66. The molecule has 0 N–H and O–H groups in total. The fourth-order valence-electron chi connectivity index (χ4n) is 2.69. The molecule has 0 fully saturated rings. The molecule has 21 heavy (non-hydrogen) atoms. The maximum atomic E-state index is 12.8. The second-order valence-corrected chi connectivity index (χ2v) is 6.22. The Morgan fingerprint density at radius 2 is 1.95 bits per heavy atom. The molecule has 4 nitrogen and oxygen atoms in total. The van der Waals surface area contributed by atoms with Gasteiger partial charge in [-0.05, 0) is 18.4 Å². The molecule has 0 aliphatic carbocycles. The summed E-state index contributed by atoms with van der Waals surface area (Å²) in [6.07, 6.45) is 1.74. The average molecular weight is 302 g/mol. The molecule has 0 saturated carbocycles. The molecule has 0 bridgehead atoms. The topological polar surface area (TPSA) is 44.0 Å². The molecule has 0 unspecified atom stereocenters. The lowest BCUT2D eigenvalue weighted by Gasteiger charge is -2.22. The van der Waals surface area contributed by atoms with Crippen LogP contribution in [0, 0.1) is 0 Å². The van der Waals surface area contributed by atoms with E-state index >= 15 is 0 Å². The van der Waals surface area contributed by atoms with Gasteiger partial charge in [0.2, 0.25) is 0 Å². The molecule has 0 spiro atoms. The second-order valence-electron chi connectivity index (χ2n) is 5.14. The number of aromatic nitrogens is 2. The summed E-state index contributed by atoms with van der Waals surface area (Å²) >= 11 is 1.61. The zero-order chi connectivity index (χ0) is 14.8. The molecule has 1 aliphatic heterocycles. The third-order valence-electron chi connectivity index (χ3n) is 3.65. The van der Waals surface area contributed by atoms with Gasteiger partial charge in [0.05, 0.1) is 10.6 Å². The van der Waals surface area contributed by atoms with Gasteiger partial charge >= 0.3 is 5.69 Å². The van der Waals surface area contributed by atoms with E-state index in [2.05, 4.69) is 0 Å². The van der Waals surface area contributed by atoms with Crippen LogP contribution < -0.4 is 11.2 Å². The van der Waals surface area contributed by atoms with E-state index in [1.807, 2.05) is 37.3 Å². The normalized spacial score (nSPS) is 14.0. The van der Waals surface area contributed by atoms with Crippen molar-refractivity contribution in [3.63, 3.8) is 0 Å². The highest BCUT2D eigenvalue weighted by atomic mass is 32.2. The molecule has 3 rings (SSSR count). The Hall–Kier alpha value is -1.75. The van der Waals surface area contributed by atoms with Crippen LogP contribution in [0.2, 0.25) is 0 Å². The number of benzene rings is 1. The van der Waals surface area contributed by atoms with Crippen LogP contribution >= 0.6 is 11.8 Å². The average Bonchev–Trinajstić information content (AvgIpc) is 2.53. The van der Waals surface area contributed by atoms with Gasteiger partial charge in [0.1, 0.15) is 0 Å². The molecule has 2 heterocycles. The first-order valence-electron chi connectivity index (χ1n) is 7.30. The van der Waals surface area contributed by atoms with Crippen molar-refractivity contribution in [2.24, 2.45) is 0 Å². The SMILES string of the molecule is CCCn1c(=O)c(-c2ccccc2)c2n(c1=O)CCCS2. The summed E-state index contributed by atoms with van der Waals surface area (Å²) in [5.74, 6) is 0.955. The summed E-state index contributed by atoms with van der Waals surface area (Å²) in [5.41, 5.74) is 1.25. The Labute approximate surface area is 127 Å². The summed E-state index contributed by atoms with van der Waals surface area (Å²) < 4.78 is 3.16. The number of fused-ring (bicyclic) bond motifs is 1. The fourth-order valence-corrected chi connectivity index (χ4v) is 3.83. The minimum Gasteiger partial charge on any atom is -0.287 e. The Kier molecular flexibility index (Phi) is 4.01. The summed E-state index contributed by atoms with van der Waals surface area (Å²) in [6.45, 7) is 3.15. The fraction of sp³-hybridized carbons (Fsp3) is 0.375. The van der Waals surface area contributed by atoms with Crippen molar-refractivity contribution in [1.29, 1.82) is 0 Å². The number of thioether (sulfide) groups is 1. The molecule has 0 amide bonds. The predicted octanol–water partition coefficient (Wildman–Crippen LogP) is 2.58. The molecule has 2 aromatic rings. The zero-order valence-electron chi connectivity index (χ0n) is 12.0. The van der Waals surface area contributed by atoms with Crippen LogP contribution in [0.15, 0.2) is 44.9 Å². The highest BCUT2D eigenvalue weighted by Gasteiger charge is 2.22. The Morgan fingerprint density at radius 1 is 1.19 bits per heavy atom. The third-order valence-corrected chi connectivity index (χ3v) is 4.85. The van der Waals surface area contributed by atoms with Crippen LogP contribution in [0.25, 0.3) is 11.1 Å². The highest BCUT2D eigenvalue weighted by Crippen LogP contribution is 2.31.